The van der Waals surface area contributed by atoms with Crippen LogP contribution in [-0.4, -0.2) is 19.0 Å². The highest BCUT2D eigenvalue weighted by Gasteiger charge is 2.29. The maximum Gasteiger partial charge on any atom is 0.300 e. The number of halogens is 3. The summed E-state index contributed by atoms with van der Waals surface area (Å²) in [5.41, 5.74) is -0.318. The number of ether oxygens (including phenoxy) is 2. The average Bonchev–Trinajstić information content (AvgIpc) is 2.64. The first-order valence-electron chi connectivity index (χ1n) is 4.01. The van der Waals surface area contributed by atoms with E-state index in [0.29, 0.717) is 0 Å². The zero-order valence-corrected chi connectivity index (χ0v) is 8.05. The maximum absolute atomic E-state index is 12.3. The van der Waals surface area contributed by atoms with Crippen LogP contribution in [0.2, 0.25) is 5.02 Å². The molecule has 1 aliphatic heterocycles. The number of hydrogen-bond donors (Lipinski definition) is 0. The van der Waals surface area contributed by atoms with E-state index >= 15 is 0 Å². The third-order valence-electron chi connectivity index (χ3n) is 1.93. The van der Waals surface area contributed by atoms with E-state index in [0.717, 1.165) is 0 Å². The predicted molar refractivity (Wildman–Crippen MR) is 47.9 cm³/mol. The fourth-order valence-corrected chi connectivity index (χ4v) is 1.53. The molecule has 0 bridgehead atoms. The summed E-state index contributed by atoms with van der Waals surface area (Å²) in [5.74, 6) is -1.11. The van der Waals surface area contributed by atoms with Gasteiger partial charge in [-0.2, -0.15) is 0 Å². The molecule has 80 valence electrons. The molecule has 0 atom stereocenters. The smallest absolute Gasteiger partial charge is 0.300 e. The Morgan fingerprint density at radius 3 is 2.80 bits per heavy atom. The molecular formula is C9H5ClF2O3. The van der Waals surface area contributed by atoms with Crippen LogP contribution in [0.25, 0.3) is 0 Å². The lowest BCUT2D eigenvalue weighted by Crippen LogP contribution is -2.11. The fraction of sp³-hybridized carbons (Fsp3) is 0.222. The zero-order chi connectivity index (χ0) is 11.0. The summed E-state index contributed by atoms with van der Waals surface area (Å²) >= 11 is 5.66. The molecule has 6 heteroatoms. The molecule has 1 aromatic carbocycles. The van der Waals surface area contributed by atoms with Crippen molar-refractivity contribution in [3.05, 3.63) is 22.7 Å². The van der Waals surface area contributed by atoms with E-state index in [1.54, 1.807) is 0 Å². The summed E-state index contributed by atoms with van der Waals surface area (Å²) in [5, 5.41) is -0.0652. The highest BCUT2D eigenvalue weighted by Crippen LogP contribution is 2.40. The Morgan fingerprint density at radius 1 is 1.40 bits per heavy atom. The van der Waals surface area contributed by atoms with Crippen molar-refractivity contribution in [2.75, 3.05) is 6.79 Å². The number of carbonyl (C=O) groups excluding carboxylic acids is 1. The molecule has 0 N–H and O–H groups in total. The molecule has 0 radical (unpaired) electrons. The quantitative estimate of drug-likeness (QED) is 0.738. The molecular weight excluding hydrogens is 230 g/mol. The van der Waals surface area contributed by atoms with Crippen LogP contribution >= 0.6 is 11.6 Å². The molecule has 1 heterocycles. The van der Waals surface area contributed by atoms with Gasteiger partial charge in [0.15, 0.2) is 11.5 Å². The third kappa shape index (κ3) is 1.63. The number of alkyl halides is 2. The molecule has 15 heavy (non-hydrogen) atoms. The monoisotopic (exact) mass is 234 g/mol. The van der Waals surface area contributed by atoms with Gasteiger partial charge in [0.25, 0.3) is 0 Å². The van der Waals surface area contributed by atoms with Crippen LogP contribution in [0.15, 0.2) is 12.1 Å². The molecule has 0 unspecified atom stereocenters. The van der Waals surface area contributed by atoms with Crippen LogP contribution in [-0.2, 0) is 0 Å². The van der Waals surface area contributed by atoms with Gasteiger partial charge in [0.2, 0.25) is 12.6 Å². The van der Waals surface area contributed by atoms with E-state index in [9.17, 15) is 13.6 Å². The number of Topliss-reactive ketones (excluding diaryl/α,β-unsaturated/α-hetero) is 1. The van der Waals surface area contributed by atoms with E-state index in [2.05, 4.69) is 0 Å². The molecule has 0 spiro atoms. The van der Waals surface area contributed by atoms with Gasteiger partial charge in [-0.05, 0) is 12.1 Å². The molecule has 1 aliphatic rings. The van der Waals surface area contributed by atoms with Gasteiger partial charge in [-0.15, -0.1) is 0 Å². The zero-order valence-electron chi connectivity index (χ0n) is 7.30. The second kappa shape index (κ2) is 3.66. The first-order valence-corrected chi connectivity index (χ1v) is 4.39. The van der Waals surface area contributed by atoms with Crippen molar-refractivity contribution in [3.63, 3.8) is 0 Å². The first-order chi connectivity index (χ1) is 7.11. The molecule has 0 aliphatic carbocycles. The summed E-state index contributed by atoms with van der Waals surface area (Å²) in [6.07, 6.45) is -3.11. The minimum atomic E-state index is -3.11. The minimum absolute atomic E-state index is 0.00667. The minimum Gasteiger partial charge on any atom is -0.454 e. The molecule has 0 fully saturated rings. The van der Waals surface area contributed by atoms with Crippen LogP contribution in [0.4, 0.5) is 8.78 Å². The van der Waals surface area contributed by atoms with Gasteiger partial charge < -0.3 is 9.47 Å². The van der Waals surface area contributed by atoms with E-state index in [1.807, 2.05) is 0 Å². The summed E-state index contributed by atoms with van der Waals surface area (Å²) in [6, 6.07) is 2.79. The molecule has 0 amide bonds. The summed E-state index contributed by atoms with van der Waals surface area (Å²) < 4.78 is 34.4. The van der Waals surface area contributed by atoms with Gasteiger partial charge in [-0.1, -0.05) is 11.6 Å². The Balaban J connectivity index is 2.55. The number of hydrogen-bond acceptors (Lipinski definition) is 3. The van der Waals surface area contributed by atoms with E-state index in [4.69, 9.17) is 21.1 Å². The summed E-state index contributed by atoms with van der Waals surface area (Å²) in [7, 11) is 0. The Labute approximate surface area is 88.5 Å². The Bertz CT molecular complexity index is 420. The molecule has 0 aromatic heterocycles. The predicted octanol–water partition coefficient (Wildman–Crippen LogP) is 2.52. The number of fused-ring (bicyclic) bond motifs is 1. The number of carbonyl (C=O) groups is 1. The van der Waals surface area contributed by atoms with Crippen molar-refractivity contribution >= 4 is 17.4 Å². The highest BCUT2D eigenvalue weighted by molar-refractivity contribution is 6.34. The van der Waals surface area contributed by atoms with E-state index in [1.165, 1.54) is 12.1 Å². The van der Waals surface area contributed by atoms with Crippen molar-refractivity contribution in [1.82, 2.24) is 0 Å². The second-order valence-electron chi connectivity index (χ2n) is 2.82. The van der Waals surface area contributed by atoms with Gasteiger partial charge in [0.05, 0.1) is 10.6 Å². The average molecular weight is 235 g/mol. The summed E-state index contributed by atoms with van der Waals surface area (Å²) in [4.78, 5) is 11.2. The molecule has 1 aromatic rings. The van der Waals surface area contributed by atoms with Crippen molar-refractivity contribution in [2.45, 2.75) is 6.43 Å². The van der Waals surface area contributed by atoms with Gasteiger partial charge in [-0.25, -0.2) is 8.78 Å². The lowest BCUT2D eigenvalue weighted by atomic mass is 10.1. The topological polar surface area (TPSA) is 35.5 Å². The largest absolute Gasteiger partial charge is 0.454 e. The van der Waals surface area contributed by atoms with Crippen LogP contribution in [0.1, 0.15) is 10.4 Å². The lowest BCUT2D eigenvalue weighted by Gasteiger charge is -2.06. The van der Waals surface area contributed by atoms with E-state index in [-0.39, 0.29) is 28.9 Å². The highest BCUT2D eigenvalue weighted by atomic mass is 35.5. The number of benzene rings is 1. The van der Waals surface area contributed by atoms with Crippen LogP contribution < -0.4 is 9.47 Å². The van der Waals surface area contributed by atoms with Crippen molar-refractivity contribution < 1.29 is 23.0 Å². The second-order valence-corrected chi connectivity index (χ2v) is 3.23. The lowest BCUT2D eigenvalue weighted by molar-refractivity contribution is 0.0674. The number of ketones is 1. The molecule has 0 saturated carbocycles. The van der Waals surface area contributed by atoms with Crippen LogP contribution in [0, 0.1) is 0 Å². The Hall–Kier alpha value is -1.36. The normalized spacial score (nSPS) is 13.3. The van der Waals surface area contributed by atoms with Gasteiger partial charge in [0, 0.05) is 0 Å². The van der Waals surface area contributed by atoms with Gasteiger partial charge in [0.1, 0.15) is 0 Å². The number of rotatable bonds is 2. The molecule has 3 nitrogen and oxygen atoms in total. The van der Waals surface area contributed by atoms with Crippen LogP contribution in [0.3, 0.4) is 0 Å². The van der Waals surface area contributed by atoms with Crippen molar-refractivity contribution in [1.29, 1.82) is 0 Å². The van der Waals surface area contributed by atoms with Crippen LogP contribution in [0.5, 0.6) is 11.5 Å². The fourth-order valence-electron chi connectivity index (χ4n) is 1.29. The standard InChI is InChI=1S/C9H5ClF2O3/c10-4-1-2-5-8(15-3-14-5)6(4)7(13)9(11)12/h1-2,9H,3H2. The van der Waals surface area contributed by atoms with Crippen molar-refractivity contribution in [2.24, 2.45) is 0 Å². The SMILES string of the molecule is O=C(c1c(Cl)ccc2c1OCO2)C(F)F. The Kier molecular flexibility index (Phi) is 2.48. The molecule has 2 rings (SSSR count). The van der Waals surface area contributed by atoms with Crippen molar-refractivity contribution in [3.8, 4) is 11.5 Å². The van der Waals surface area contributed by atoms with Gasteiger partial charge in [-0.3, -0.25) is 4.79 Å². The first kappa shape index (κ1) is 10.2. The molecule has 0 saturated heterocycles. The maximum atomic E-state index is 12.3. The van der Waals surface area contributed by atoms with E-state index < -0.39 is 12.2 Å². The summed E-state index contributed by atoms with van der Waals surface area (Å²) in [6.45, 7) is -0.0980. The van der Waals surface area contributed by atoms with Gasteiger partial charge >= 0.3 is 6.43 Å². The third-order valence-corrected chi connectivity index (χ3v) is 2.25. The Morgan fingerprint density at radius 2 is 2.13 bits per heavy atom.